The SMILES string of the molecule is COC(=O)CNC=C1C(=O)c2ccccc2CS1(=O)=O. The van der Waals surface area contributed by atoms with Crippen LogP contribution in [-0.2, 0) is 25.1 Å². The van der Waals surface area contributed by atoms with Gasteiger partial charge in [-0.05, 0) is 5.56 Å². The van der Waals surface area contributed by atoms with Crippen molar-refractivity contribution in [3.05, 3.63) is 46.5 Å². The summed E-state index contributed by atoms with van der Waals surface area (Å²) in [7, 11) is -2.48. The first-order chi connectivity index (χ1) is 9.45. The van der Waals surface area contributed by atoms with Crippen molar-refractivity contribution in [2.75, 3.05) is 13.7 Å². The number of fused-ring (bicyclic) bond motifs is 1. The van der Waals surface area contributed by atoms with Crippen LogP contribution in [0.2, 0.25) is 0 Å². The van der Waals surface area contributed by atoms with E-state index in [1.807, 2.05) is 0 Å². The van der Waals surface area contributed by atoms with Crippen LogP contribution in [0.4, 0.5) is 0 Å². The molecule has 1 aliphatic rings. The van der Waals surface area contributed by atoms with Gasteiger partial charge in [0.1, 0.15) is 11.4 Å². The molecule has 0 radical (unpaired) electrons. The molecule has 0 saturated heterocycles. The van der Waals surface area contributed by atoms with Crippen LogP contribution in [0.15, 0.2) is 35.4 Å². The maximum Gasteiger partial charge on any atom is 0.325 e. The summed E-state index contributed by atoms with van der Waals surface area (Å²) in [6.07, 6.45) is 1.06. The Labute approximate surface area is 116 Å². The fraction of sp³-hybridized carbons (Fsp3) is 0.231. The predicted molar refractivity (Wildman–Crippen MR) is 71.5 cm³/mol. The average molecular weight is 295 g/mol. The highest BCUT2D eigenvalue weighted by molar-refractivity contribution is 7.95. The van der Waals surface area contributed by atoms with Crippen LogP contribution in [0.1, 0.15) is 15.9 Å². The minimum Gasteiger partial charge on any atom is -0.468 e. The molecule has 1 aliphatic heterocycles. The molecule has 0 atom stereocenters. The van der Waals surface area contributed by atoms with Gasteiger partial charge < -0.3 is 10.1 Å². The molecule has 2 rings (SSSR count). The van der Waals surface area contributed by atoms with Gasteiger partial charge in [-0.25, -0.2) is 8.42 Å². The Bertz CT molecular complexity index is 690. The Morgan fingerprint density at radius 3 is 2.80 bits per heavy atom. The van der Waals surface area contributed by atoms with E-state index in [1.54, 1.807) is 24.3 Å². The van der Waals surface area contributed by atoms with E-state index < -0.39 is 21.6 Å². The quantitative estimate of drug-likeness (QED) is 0.641. The summed E-state index contributed by atoms with van der Waals surface area (Å²) in [6, 6.07) is 6.56. The van der Waals surface area contributed by atoms with Crippen LogP contribution < -0.4 is 5.32 Å². The maximum absolute atomic E-state index is 12.2. The number of esters is 1. The van der Waals surface area contributed by atoms with Crippen LogP contribution in [-0.4, -0.2) is 33.8 Å². The molecule has 0 aliphatic carbocycles. The highest BCUT2D eigenvalue weighted by Gasteiger charge is 2.33. The monoisotopic (exact) mass is 295 g/mol. The lowest BCUT2D eigenvalue weighted by Crippen LogP contribution is -2.27. The topological polar surface area (TPSA) is 89.5 Å². The molecule has 0 bridgehead atoms. The van der Waals surface area contributed by atoms with Crippen LogP contribution >= 0.6 is 0 Å². The molecule has 0 saturated carbocycles. The Morgan fingerprint density at radius 2 is 2.10 bits per heavy atom. The van der Waals surface area contributed by atoms with Gasteiger partial charge in [0.15, 0.2) is 9.84 Å². The van der Waals surface area contributed by atoms with Crippen molar-refractivity contribution in [2.24, 2.45) is 0 Å². The van der Waals surface area contributed by atoms with Gasteiger partial charge in [-0.2, -0.15) is 0 Å². The van der Waals surface area contributed by atoms with E-state index >= 15 is 0 Å². The standard InChI is InChI=1S/C13H13NO5S/c1-19-12(15)7-14-6-11-13(16)10-5-3-2-4-9(10)8-20(11,17)18/h2-6,14H,7-8H2,1H3. The van der Waals surface area contributed by atoms with Crippen molar-refractivity contribution >= 4 is 21.6 Å². The number of methoxy groups -OCH3 is 1. The summed E-state index contributed by atoms with van der Waals surface area (Å²) in [5, 5.41) is 2.49. The van der Waals surface area contributed by atoms with Crippen molar-refractivity contribution in [2.45, 2.75) is 5.75 Å². The molecule has 106 valence electrons. The van der Waals surface area contributed by atoms with E-state index in [2.05, 4.69) is 10.1 Å². The van der Waals surface area contributed by atoms with Crippen molar-refractivity contribution < 1.29 is 22.7 Å². The first-order valence-electron chi connectivity index (χ1n) is 5.81. The number of allylic oxidation sites excluding steroid dienone is 1. The number of nitrogens with one attached hydrogen (secondary N) is 1. The molecule has 0 fully saturated rings. The van der Waals surface area contributed by atoms with Gasteiger partial charge in [0, 0.05) is 11.8 Å². The Hall–Kier alpha value is -2.15. The predicted octanol–water partition coefficient (Wildman–Crippen LogP) is 0.402. The molecule has 0 amide bonds. The number of ketones is 1. The summed E-state index contributed by atoms with van der Waals surface area (Å²) in [5.74, 6) is -1.34. The first kappa shape index (κ1) is 14.3. The Balaban J connectivity index is 2.32. The second-order valence-electron chi connectivity index (χ2n) is 4.21. The lowest BCUT2D eigenvalue weighted by molar-refractivity contribution is -0.139. The summed E-state index contributed by atoms with van der Waals surface area (Å²) in [4.78, 5) is 22.8. The summed E-state index contributed by atoms with van der Waals surface area (Å²) < 4.78 is 28.5. The normalized spacial score (nSPS) is 18.4. The molecule has 0 spiro atoms. The Kier molecular flexibility index (Phi) is 3.89. The molecule has 0 aromatic heterocycles. The highest BCUT2D eigenvalue weighted by atomic mass is 32.2. The average Bonchev–Trinajstić information content (AvgIpc) is 2.41. The van der Waals surface area contributed by atoms with Crippen molar-refractivity contribution in [3.8, 4) is 0 Å². The number of Topliss-reactive ketones (excluding diaryl/α,β-unsaturated/α-hetero) is 1. The molecule has 1 heterocycles. The summed E-state index contributed by atoms with van der Waals surface area (Å²) >= 11 is 0. The molecule has 1 aromatic carbocycles. The molecule has 6 nitrogen and oxygen atoms in total. The van der Waals surface area contributed by atoms with Gasteiger partial charge in [-0.15, -0.1) is 0 Å². The number of benzene rings is 1. The van der Waals surface area contributed by atoms with E-state index in [1.165, 1.54) is 7.11 Å². The fourth-order valence-corrected chi connectivity index (χ4v) is 3.35. The largest absolute Gasteiger partial charge is 0.468 e. The number of carbonyl (C=O) groups is 2. The molecule has 1 N–H and O–H groups in total. The third-order valence-electron chi connectivity index (χ3n) is 2.87. The molecule has 20 heavy (non-hydrogen) atoms. The van der Waals surface area contributed by atoms with Crippen molar-refractivity contribution in [1.29, 1.82) is 0 Å². The van der Waals surface area contributed by atoms with Gasteiger partial charge in [0.25, 0.3) is 0 Å². The van der Waals surface area contributed by atoms with Gasteiger partial charge in [-0.1, -0.05) is 24.3 Å². The molecular weight excluding hydrogens is 282 g/mol. The number of hydrogen-bond donors (Lipinski definition) is 1. The molecule has 7 heteroatoms. The van der Waals surface area contributed by atoms with E-state index in [0.29, 0.717) is 11.1 Å². The van der Waals surface area contributed by atoms with Crippen LogP contribution in [0.5, 0.6) is 0 Å². The van der Waals surface area contributed by atoms with Crippen molar-refractivity contribution in [3.63, 3.8) is 0 Å². The lowest BCUT2D eigenvalue weighted by Gasteiger charge is -2.17. The minimum atomic E-state index is -3.69. The zero-order chi connectivity index (χ0) is 14.8. The number of ether oxygens (including phenoxy) is 1. The Morgan fingerprint density at radius 1 is 1.40 bits per heavy atom. The summed E-state index contributed by atoms with van der Waals surface area (Å²) in [6.45, 7) is -0.204. The van der Waals surface area contributed by atoms with Crippen molar-refractivity contribution in [1.82, 2.24) is 5.32 Å². The van der Waals surface area contributed by atoms with E-state index in [9.17, 15) is 18.0 Å². The second-order valence-corrected chi connectivity index (χ2v) is 6.17. The number of sulfone groups is 1. The second kappa shape index (κ2) is 5.46. The maximum atomic E-state index is 12.2. The highest BCUT2D eigenvalue weighted by Crippen LogP contribution is 2.27. The molecular formula is C13H13NO5S. The number of carbonyl (C=O) groups excluding carboxylic acids is 2. The van der Waals surface area contributed by atoms with Gasteiger partial charge >= 0.3 is 5.97 Å². The minimum absolute atomic E-state index is 0.204. The zero-order valence-corrected chi connectivity index (χ0v) is 11.6. The van der Waals surface area contributed by atoms with E-state index in [-0.39, 0.29) is 17.2 Å². The molecule has 1 aromatic rings. The van der Waals surface area contributed by atoms with E-state index in [0.717, 1.165) is 6.20 Å². The zero-order valence-electron chi connectivity index (χ0n) is 10.8. The van der Waals surface area contributed by atoms with Gasteiger partial charge in [-0.3, -0.25) is 9.59 Å². The van der Waals surface area contributed by atoms with Gasteiger partial charge in [0.05, 0.1) is 12.9 Å². The smallest absolute Gasteiger partial charge is 0.325 e. The van der Waals surface area contributed by atoms with Crippen LogP contribution in [0, 0.1) is 0 Å². The third-order valence-corrected chi connectivity index (χ3v) is 4.54. The fourth-order valence-electron chi connectivity index (χ4n) is 1.88. The number of rotatable bonds is 3. The summed E-state index contributed by atoms with van der Waals surface area (Å²) in [5.41, 5.74) is 0.857. The third kappa shape index (κ3) is 2.72. The number of hydrogen-bond acceptors (Lipinski definition) is 6. The van der Waals surface area contributed by atoms with Crippen LogP contribution in [0.25, 0.3) is 0 Å². The van der Waals surface area contributed by atoms with Crippen LogP contribution in [0.3, 0.4) is 0 Å². The van der Waals surface area contributed by atoms with E-state index in [4.69, 9.17) is 0 Å². The van der Waals surface area contributed by atoms with Gasteiger partial charge in [0.2, 0.25) is 5.78 Å². The lowest BCUT2D eigenvalue weighted by atomic mass is 10.0. The molecule has 0 unspecified atom stereocenters. The first-order valence-corrected chi connectivity index (χ1v) is 7.46.